The average molecular weight is 192 g/mol. The second-order valence-corrected chi connectivity index (χ2v) is 3.61. The van der Waals surface area contributed by atoms with E-state index in [0.29, 0.717) is 0 Å². The predicted octanol–water partition coefficient (Wildman–Crippen LogP) is 2.73. The van der Waals surface area contributed by atoms with Crippen LogP contribution in [0.25, 0.3) is 0 Å². The van der Waals surface area contributed by atoms with Crippen LogP contribution in [0.1, 0.15) is 6.92 Å². The van der Waals surface area contributed by atoms with Gasteiger partial charge in [-0.3, -0.25) is 0 Å². The van der Waals surface area contributed by atoms with Crippen LogP contribution in [0, 0.1) is 11.3 Å². The number of hydrogen-bond acceptors (Lipinski definition) is 3. The van der Waals surface area contributed by atoms with Crippen molar-refractivity contribution in [3.8, 4) is 6.07 Å². The SMILES string of the molecule is CSc1cccc(NC(C)C#N)c1. The number of rotatable bonds is 3. The summed E-state index contributed by atoms with van der Waals surface area (Å²) in [5.74, 6) is 0. The summed E-state index contributed by atoms with van der Waals surface area (Å²) >= 11 is 1.69. The van der Waals surface area contributed by atoms with Crippen molar-refractivity contribution in [3.05, 3.63) is 24.3 Å². The molecule has 0 saturated heterocycles. The van der Waals surface area contributed by atoms with E-state index in [4.69, 9.17) is 5.26 Å². The van der Waals surface area contributed by atoms with Gasteiger partial charge in [0.05, 0.1) is 6.07 Å². The summed E-state index contributed by atoms with van der Waals surface area (Å²) in [6, 6.07) is 10.0. The van der Waals surface area contributed by atoms with Gasteiger partial charge in [0, 0.05) is 10.6 Å². The molecule has 0 amide bonds. The molecular weight excluding hydrogens is 180 g/mol. The molecule has 1 atom stereocenters. The second kappa shape index (κ2) is 4.78. The lowest BCUT2D eigenvalue weighted by atomic mass is 10.3. The van der Waals surface area contributed by atoms with Crippen molar-refractivity contribution >= 4 is 17.4 Å². The maximum Gasteiger partial charge on any atom is 0.111 e. The van der Waals surface area contributed by atoms with E-state index in [1.165, 1.54) is 4.90 Å². The van der Waals surface area contributed by atoms with Crippen LogP contribution in [0.2, 0.25) is 0 Å². The van der Waals surface area contributed by atoms with E-state index in [9.17, 15) is 0 Å². The van der Waals surface area contributed by atoms with Gasteiger partial charge in [-0.2, -0.15) is 5.26 Å². The van der Waals surface area contributed by atoms with Crippen molar-refractivity contribution in [2.75, 3.05) is 11.6 Å². The van der Waals surface area contributed by atoms with E-state index < -0.39 is 0 Å². The number of nitriles is 1. The Hall–Kier alpha value is -1.14. The molecule has 0 aliphatic carbocycles. The number of anilines is 1. The standard InChI is InChI=1S/C10H12N2S/c1-8(7-11)12-9-4-3-5-10(6-9)13-2/h3-6,8,12H,1-2H3. The molecule has 1 N–H and O–H groups in total. The van der Waals surface area contributed by atoms with Gasteiger partial charge in [-0.25, -0.2) is 0 Å². The molecule has 0 heterocycles. The van der Waals surface area contributed by atoms with E-state index in [0.717, 1.165) is 5.69 Å². The fourth-order valence-electron chi connectivity index (χ4n) is 0.995. The van der Waals surface area contributed by atoms with Crippen molar-refractivity contribution in [1.82, 2.24) is 0 Å². The van der Waals surface area contributed by atoms with E-state index >= 15 is 0 Å². The van der Waals surface area contributed by atoms with Gasteiger partial charge in [-0.05, 0) is 31.4 Å². The van der Waals surface area contributed by atoms with E-state index in [1.54, 1.807) is 11.8 Å². The Morgan fingerprint density at radius 3 is 2.92 bits per heavy atom. The molecule has 0 aliphatic heterocycles. The van der Waals surface area contributed by atoms with Crippen LogP contribution < -0.4 is 5.32 Å². The molecule has 0 aliphatic rings. The van der Waals surface area contributed by atoms with Gasteiger partial charge < -0.3 is 5.32 Å². The van der Waals surface area contributed by atoms with E-state index in [1.807, 2.05) is 37.4 Å². The van der Waals surface area contributed by atoms with Gasteiger partial charge >= 0.3 is 0 Å². The van der Waals surface area contributed by atoms with E-state index in [2.05, 4.69) is 11.4 Å². The summed E-state index contributed by atoms with van der Waals surface area (Å²) in [7, 11) is 0. The largest absolute Gasteiger partial charge is 0.370 e. The minimum absolute atomic E-state index is 0.142. The van der Waals surface area contributed by atoms with Crippen LogP contribution in [0.3, 0.4) is 0 Å². The first-order valence-corrected chi connectivity index (χ1v) is 5.29. The van der Waals surface area contributed by atoms with Gasteiger partial charge in [-0.15, -0.1) is 11.8 Å². The van der Waals surface area contributed by atoms with Crippen molar-refractivity contribution in [2.45, 2.75) is 17.9 Å². The van der Waals surface area contributed by atoms with Gasteiger partial charge in [0.25, 0.3) is 0 Å². The Kier molecular flexibility index (Phi) is 3.66. The summed E-state index contributed by atoms with van der Waals surface area (Å²) < 4.78 is 0. The quantitative estimate of drug-likeness (QED) is 0.748. The summed E-state index contributed by atoms with van der Waals surface area (Å²) in [6.45, 7) is 1.84. The van der Waals surface area contributed by atoms with E-state index in [-0.39, 0.29) is 6.04 Å². The zero-order valence-corrected chi connectivity index (χ0v) is 8.56. The monoisotopic (exact) mass is 192 g/mol. The maximum atomic E-state index is 8.60. The molecule has 0 spiro atoms. The van der Waals surface area contributed by atoms with Crippen molar-refractivity contribution < 1.29 is 0 Å². The molecule has 0 aromatic heterocycles. The maximum absolute atomic E-state index is 8.60. The molecule has 2 nitrogen and oxygen atoms in total. The first-order valence-electron chi connectivity index (χ1n) is 4.06. The smallest absolute Gasteiger partial charge is 0.111 e. The third-order valence-electron chi connectivity index (χ3n) is 1.65. The third kappa shape index (κ3) is 3.00. The summed E-state index contributed by atoms with van der Waals surface area (Å²) in [5.41, 5.74) is 1.00. The Labute approximate surface area is 83.0 Å². The fraction of sp³-hybridized carbons (Fsp3) is 0.300. The Morgan fingerprint density at radius 2 is 2.31 bits per heavy atom. The highest BCUT2D eigenvalue weighted by Gasteiger charge is 1.99. The van der Waals surface area contributed by atoms with Crippen LogP contribution in [0.15, 0.2) is 29.2 Å². The molecule has 0 bridgehead atoms. The molecule has 0 fully saturated rings. The molecular formula is C10H12N2S. The normalized spacial score (nSPS) is 11.8. The third-order valence-corrected chi connectivity index (χ3v) is 2.37. The molecule has 68 valence electrons. The van der Waals surface area contributed by atoms with Crippen LogP contribution in [0.4, 0.5) is 5.69 Å². The Bertz CT molecular complexity index is 317. The molecule has 0 saturated carbocycles. The molecule has 0 radical (unpaired) electrons. The topological polar surface area (TPSA) is 35.8 Å². The molecule has 13 heavy (non-hydrogen) atoms. The highest BCUT2D eigenvalue weighted by Crippen LogP contribution is 2.19. The molecule has 1 aromatic carbocycles. The van der Waals surface area contributed by atoms with Gasteiger partial charge in [0.2, 0.25) is 0 Å². The lowest BCUT2D eigenvalue weighted by Gasteiger charge is -2.08. The minimum Gasteiger partial charge on any atom is -0.370 e. The summed E-state index contributed by atoms with van der Waals surface area (Å²) in [5, 5.41) is 11.7. The number of thioether (sulfide) groups is 1. The van der Waals surface area contributed by atoms with Crippen molar-refractivity contribution in [1.29, 1.82) is 5.26 Å². The minimum atomic E-state index is -0.142. The number of benzene rings is 1. The second-order valence-electron chi connectivity index (χ2n) is 2.73. The first kappa shape index (κ1) is 9.94. The average Bonchev–Trinajstić information content (AvgIpc) is 2.18. The Morgan fingerprint density at radius 1 is 1.54 bits per heavy atom. The lowest BCUT2D eigenvalue weighted by Crippen LogP contribution is -2.11. The number of nitrogens with zero attached hydrogens (tertiary/aromatic N) is 1. The van der Waals surface area contributed by atoms with Crippen LogP contribution in [-0.2, 0) is 0 Å². The lowest BCUT2D eigenvalue weighted by molar-refractivity contribution is 1.01. The molecule has 1 unspecified atom stereocenters. The van der Waals surface area contributed by atoms with Gasteiger partial charge in [0.1, 0.15) is 6.04 Å². The highest BCUT2D eigenvalue weighted by molar-refractivity contribution is 7.98. The Balaban J connectivity index is 2.73. The zero-order chi connectivity index (χ0) is 9.68. The summed E-state index contributed by atoms with van der Waals surface area (Å²) in [6.07, 6.45) is 2.03. The van der Waals surface area contributed by atoms with Crippen molar-refractivity contribution in [3.63, 3.8) is 0 Å². The van der Waals surface area contributed by atoms with Crippen LogP contribution >= 0.6 is 11.8 Å². The van der Waals surface area contributed by atoms with Crippen molar-refractivity contribution in [2.24, 2.45) is 0 Å². The highest BCUT2D eigenvalue weighted by atomic mass is 32.2. The van der Waals surface area contributed by atoms with Gasteiger partial charge in [0.15, 0.2) is 0 Å². The zero-order valence-electron chi connectivity index (χ0n) is 7.74. The first-order chi connectivity index (χ1) is 6.26. The molecule has 3 heteroatoms. The summed E-state index contributed by atoms with van der Waals surface area (Å²) in [4.78, 5) is 1.20. The van der Waals surface area contributed by atoms with Gasteiger partial charge in [-0.1, -0.05) is 6.07 Å². The fourth-order valence-corrected chi connectivity index (χ4v) is 1.45. The molecule has 1 rings (SSSR count). The molecule has 1 aromatic rings. The number of nitrogens with one attached hydrogen (secondary N) is 1. The van der Waals surface area contributed by atoms with Crippen LogP contribution in [0.5, 0.6) is 0 Å². The predicted molar refractivity (Wildman–Crippen MR) is 56.9 cm³/mol. The number of hydrogen-bond donors (Lipinski definition) is 1. The van der Waals surface area contributed by atoms with Crippen LogP contribution in [-0.4, -0.2) is 12.3 Å².